The van der Waals surface area contributed by atoms with Gasteiger partial charge in [-0.15, -0.1) is 24.0 Å². The lowest BCUT2D eigenvalue weighted by atomic mass is 10.2. The molecule has 7 nitrogen and oxygen atoms in total. The number of hydrogen-bond acceptors (Lipinski definition) is 4. The van der Waals surface area contributed by atoms with Gasteiger partial charge in [-0.1, -0.05) is 24.3 Å². The molecule has 4 rings (SSSR count). The second kappa shape index (κ2) is 10.4. The minimum atomic E-state index is 0. The van der Waals surface area contributed by atoms with Crippen molar-refractivity contribution in [3.63, 3.8) is 0 Å². The van der Waals surface area contributed by atoms with Gasteiger partial charge in [0.2, 0.25) is 5.88 Å². The minimum absolute atomic E-state index is 0. The molecule has 1 aliphatic heterocycles. The topological polar surface area (TPSA) is 67.6 Å². The zero-order valence-corrected chi connectivity index (χ0v) is 19.6. The molecule has 1 saturated heterocycles. The van der Waals surface area contributed by atoms with E-state index in [0.29, 0.717) is 12.4 Å². The van der Waals surface area contributed by atoms with Crippen LogP contribution in [0.2, 0.25) is 0 Å². The molecular weight excluding hydrogens is 491 g/mol. The average molecular weight is 518 g/mol. The Balaban J connectivity index is 0.00000256. The van der Waals surface area contributed by atoms with Crippen LogP contribution in [0.1, 0.15) is 17.7 Å². The Kier molecular flexibility index (Phi) is 7.67. The number of nitrogens with zero attached hydrogens (tertiary/aromatic N) is 5. The summed E-state index contributed by atoms with van der Waals surface area (Å²) in [6.07, 6.45) is 4.80. The maximum atomic E-state index is 6.00. The Labute approximate surface area is 194 Å². The molecule has 8 heteroatoms. The normalized spacial score (nSPS) is 16.3. The van der Waals surface area contributed by atoms with Crippen LogP contribution in [0.15, 0.2) is 65.9 Å². The van der Waals surface area contributed by atoms with Crippen LogP contribution >= 0.6 is 24.0 Å². The predicted molar refractivity (Wildman–Crippen MR) is 129 cm³/mol. The summed E-state index contributed by atoms with van der Waals surface area (Å²) in [6, 6.07) is 16.0. The molecular formula is C22H27IN6O. The summed E-state index contributed by atoms with van der Waals surface area (Å²) in [7, 11) is 1.82. The quantitative estimate of drug-likeness (QED) is 0.319. The SMILES string of the molecule is CN=C(NCc1ccccc1-n1ccc(C)n1)N1CCC(Oc2ccccn2)C1.I. The number of aliphatic imine (C=N–C) groups is 1. The lowest BCUT2D eigenvalue weighted by Crippen LogP contribution is -2.40. The van der Waals surface area contributed by atoms with Gasteiger partial charge in [-0.3, -0.25) is 4.99 Å². The van der Waals surface area contributed by atoms with Crippen LogP contribution in [-0.2, 0) is 6.54 Å². The van der Waals surface area contributed by atoms with Gasteiger partial charge in [-0.05, 0) is 30.7 Å². The number of benzene rings is 1. The van der Waals surface area contributed by atoms with E-state index in [4.69, 9.17) is 4.74 Å². The monoisotopic (exact) mass is 518 g/mol. The van der Waals surface area contributed by atoms with Crippen molar-refractivity contribution in [3.8, 4) is 11.6 Å². The molecule has 3 heterocycles. The van der Waals surface area contributed by atoms with Gasteiger partial charge < -0.3 is 15.0 Å². The number of aryl methyl sites for hydroxylation is 1. The molecule has 0 spiro atoms. The van der Waals surface area contributed by atoms with Crippen molar-refractivity contribution in [2.45, 2.75) is 26.0 Å². The van der Waals surface area contributed by atoms with E-state index in [1.54, 1.807) is 6.20 Å². The van der Waals surface area contributed by atoms with E-state index in [2.05, 4.69) is 37.4 Å². The van der Waals surface area contributed by atoms with E-state index in [0.717, 1.165) is 42.4 Å². The molecule has 1 aromatic carbocycles. The highest BCUT2D eigenvalue weighted by Gasteiger charge is 2.26. The van der Waals surface area contributed by atoms with Gasteiger partial charge in [0.1, 0.15) is 6.10 Å². The van der Waals surface area contributed by atoms with Crippen molar-refractivity contribution in [1.82, 2.24) is 25.0 Å². The van der Waals surface area contributed by atoms with Crippen molar-refractivity contribution in [2.24, 2.45) is 4.99 Å². The first-order chi connectivity index (χ1) is 14.2. The number of nitrogens with one attached hydrogen (secondary N) is 1. The lowest BCUT2D eigenvalue weighted by molar-refractivity contribution is 0.205. The molecule has 0 amide bonds. The van der Waals surface area contributed by atoms with Crippen LogP contribution in [-0.4, -0.2) is 51.9 Å². The number of rotatable bonds is 5. The standard InChI is InChI=1S/C22H26N6O.HI/c1-17-10-14-28(26-17)20-8-4-3-7-18(20)15-25-22(23-2)27-13-11-19(16-27)29-21-9-5-6-12-24-21;/h3-10,12,14,19H,11,13,15-16H2,1-2H3,(H,23,25);1H. The predicted octanol–water partition coefficient (Wildman–Crippen LogP) is 3.42. The van der Waals surface area contributed by atoms with Crippen LogP contribution < -0.4 is 10.1 Å². The Morgan fingerprint density at radius 3 is 2.77 bits per heavy atom. The molecule has 1 unspecified atom stereocenters. The summed E-state index contributed by atoms with van der Waals surface area (Å²) in [5.74, 6) is 1.55. The van der Waals surface area contributed by atoms with Crippen LogP contribution in [0.25, 0.3) is 5.69 Å². The third-order valence-corrected chi connectivity index (χ3v) is 4.98. The summed E-state index contributed by atoms with van der Waals surface area (Å²) >= 11 is 0. The van der Waals surface area contributed by atoms with Crippen molar-refractivity contribution < 1.29 is 4.74 Å². The van der Waals surface area contributed by atoms with Gasteiger partial charge in [-0.2, -0.15) is 5.10 Å². The Hall–Kier alpha value is -2.62. The molecule has 1 N–H and O–H groups in total. The summed E-state index contributed by atoms with van der Waals surface area (Å²) < 4.78 is 7.91. The van der Waals surface area contributed by atoms with Gasteiger partial charge in [0, 0.05) is 45.0 Å². The summed E-state index contributed by atoms with van der Waals surface area (Å²) in [5.41, 5.74) is 3.23. The van der Waals surface area contributed by atoms with Crippen molar-refractivity contribution in [2.75, 3.05) is 20.1 Å². The molecule has 3 aromatic rings. The number of ether oxygens (including phenoxy) is 1. The minimum Gasteiger partial charge on any atom is -0.472 e. The van der Waals surface area contributed by atoms with Crippen LogP contribution in [0, 0.1) is 6.92 Å². The van der Waals surface area contributed by atoms with Crippen LogP contribution in [0.4, 0.5) is 0 Å². The maximum Gasteiger partial charge on any atom is 0.213 e. The average Bonchev–Trinajstić information content (AvgIpc) is 3.39. The number of hydrogen-bond donors (Lipinski definition) is 1. The maximum absolute atomic E-state index is 6.00. The van der Waals surface area contributed by atoms with Crippen LogP contribution in [0.5, 0.6) is 5.88 Å². The summed E-state index contributed by atoms with van der Waals surface area (Å²) in [6.45, 7) is 4.35. The van der Waals surface area contributed by atoms with Crippen LogP contribution in [0.3, 0.4) is 0 Å². The summed E-state index contributed by atoms with van der Waals surface area (Å²) in [4.78, 5) is 11.0. The van der Waals surface area contributed by atoms with E-state index >= 15 is 0 Å². The van der Waals surface area contributed by atoms with E-state index in [9.17, 15) is 0 Å². The molecule has 0 aliphatic carbocycles. The Morgan fingerprint density at radius 1 is 1.20 bits per heavy atom. The highest BCUT2D eigenvalue weighted by Crippen LogP contribution is 2.17. The molecule has 2 aromatic heterocycles. The van der Waals surface area contributed by atoms with Gasteiger partial charge in [0.15, 0.2) is 5.96 Å². The van der Waals surface area contributed by atoms with Gasteiger partial charge in [0.05, 0.1) is 17.9 Å². The third-order valence-electron chi connectivity index (χ3n) is 4.98. The van der Waals surface area contributed by atoms with Crippen molar-refractivity contribution in [1.29, 1.82) is 0 Å². The highest BCUT2D eigenvalue weighted by atomic mass is 127. The number of likely N-dealkylation sites (tertiary alicyclic amines) is 1. The fraction of sp³-hybridized carbons (Fsp3) is 0.318. The Bertz CT molecular complexity index is 975. The number of pyridine rings is 1. The van der Waals surface area contributed by atoms with E-state index in [1.165, 1.54) is 0 Å². The third kappa shape index (κ3) is 5.29. The number of guanidine groups is 1. The number of halogens is 1. The second-order valence-corrected chi connectivity index (χ2v) is 7.07. The summed E-state index contributed by atoms with van der Waals surface area (Å²) in [5, 5.41) is 8.03. The molecule has 1 fully saturated rings. The van der Waals surface area contributed by atoms with Crippen molar-refractivity contribution in [3.05, 3.63) is 72.2 Å². The fourth-order valence-electron chi connectivity index (χ4n) is 3.54. The zero-order valence-electron chi connectivity index (χ0n) is 17.2. The smallest absolute Gasteiger partial charge is 0.213 e. The number of aromatic nitrogens is 3. The second-order valence-electron chi connectivity index (χ2n) is 7.07. The number of para-hydroxylation sites is 1. The molecule has 1 atom stereocenters. The first kappa shape index (κ1) is 22.1. The molecule has 158 valence electrons. The largest absolute Gasteiger partial charge is 0.472 e. The molecule has 30 heavy (non-hydrogen) atoms. The van der Waals surface area contributed by atoms with Crippen molar-refractivity contribution >= 4 is 29.9 Å². The molecule has 1 aliphatic rings. The molecule has 0 radical (unpaired) electrons. The van der Waals surface area contributed by atoms with Gasteiger partial charge >= 0.3 is 0 Å². The zero-order chi connectivity index (χ0) is 20.1. The van der Waals surface area contributed by atoms with E-state index in [1.807, 2.05) is 61.2 Å². The van der Waals surface area contributed by atoms with Gasteiger partial charge in [-0.25, -0.2) is 9.67 Å². The fourth-order valence-corrected chi connectivity index (χ4v) is 3.54. The van der Waals surface area contributed by atoms with E-state index < -0.39 is 0 Å². The first-order valence-electron chi connectivity index (χ1n) is 9.87. The first-order valence-corrected chi connectivity index (χ1v) is 9.87. The molecule has 0 saturated carbocycles. The van der Waals surface area contributed by atoms with Gasteiger partial charge in [0.25, 0.3) is 0 Å². The molecule has 0 bridgehead atoms. The van der Waals surface area contributed by atoms with E-state index in [-0.39, 0.29) is 30.1 Å². The Morgan fingerprint density at radius 2 is 2.03 bits per heavy atom. The lowest BCUT2D eigenvalue weighted by Gasteiger charge is -2.22. The highest BCUT2D eigenvalue weighted by molar-refractivity contribution is 14.0.